The third-order valence-electron chi connectivity index (χ3n) is 6.49. The molecule has 0 aromatic heterocycles. The summed E-state index contributed by atoms with van der Waals surface area (Å²) in [7, 11) is 3.38. The Hall–Kier alpha value is -1.70. The Morgan fingerprint density at radius 1 is 1.03 bits per heavy atom. The molecule has 0 aliphatic carbocycles. The van der Waals surface area contributed by atoms with Crippen molar-refractivity contribution >= 4 is 38.6 Å². The number of carbonyl (C=O) groups excluding carboxylic acids is 1. The van der Waals surface area contributed by atoms with E-state index in [0.717, 1.165) is 56.2 Å². The van der Waals surface area contributed by atoms with Crippen molar-refractivity contribution in [1.29, 1.82) is 0 Å². The molecule has 5 nitrogen and oxygen atoms in total. The van der Waals surface area contributed by atoms with Gasteiger partial charge in [-0.2, -0.15) is 0 Å². The molecule has 0 spiro atoms. The second-order valence-electron chi connectivity index (χ2n) is 8.55. The molecule has 2 saturated heterocycles. The van der Waals surface area contributed by atoms with Crippen molar-refractivity contribution in [3.8, 4) is 11.5 Å². The van der Waals surface area contributed by atoms with Crippen molar-refractivity contribution in [3.05, 3.63) is 52.5 Å². The maximum atomic E-state index is 12.5. The van der Waals surface area contributed by atoms with E-state index in [0.29, 0.717) is 11.2 Å². The van der Waals surface area contributed by atoms with Gasteiger partial charge < -0.3 is 19.3 Å². The molecule has 2 aliphatic heterocycles. The lowest BCUT2D eigenvalue weighted by atomic mass is 9.90. The number of hydrogen-bond acceptors (Lipinski definition) is 5. The summed E-state index contributed by atoms with van der Waals surface area (Å²) < 4.78 is 11.8. The summed E-state index contributed by atoms with van der Waals surface area (Å²) in [4.78, 5) is 17.0. The third-order valence-corrected chi connectivity index (χ3v) is 8.41. The van der Waals surface area contributed by atoms with E-state index < -0.39 is 0 Å². The number of ether oxygens (including phenoxy) is 2. The first kappa shape index (κ1) is 23.5. The largest absolute Gasteiger partial charge is 0.497 e. The predicted octanol–water partition coefficient (Wildman–Crippen LogP) is 5.85. The van der Waals surface area contributed by atoms with Gasteiger partial charge in [-0.25, -0.2) is 0 Å². The van der Waals surface area contributed by atoms with Crippen molar-refractivity contribution in [2.45, 2.75) is 30.9 Å². The van der Waals surface area contributed by atoms with E-state index in [-0.39, 0.29) is 5.24 Å². The van der Waals surface area contributed by atoms with Crippen LogP contribution >= 0.6 is 27.7 Å². The van der Waals surface area contributed by atoms with E-state index in [9.17, 15) is 4.79 Å². The second kappa shape index (κ2) is 10.9. The van der Waals surface area contributed by atoms with Crippen LogP contribution in [-0.2, 0) is 6.42 Å². The van der Waals surface area contributed by atoms with E-state index in [4.69, 9.17) is 9.47 Å². The van der Waals surface area contributed by atoms with Gasteiger partial charge in [-0.1, -0.05) is 27.7 Å². The summed E-state index contributed by atoms with van der Waals surface area (Å²) >= 11 is 5.17. The van der Waals surface area contributed by atoms with E-state index in [1.54, 1.807) is 14.2 Å². The molecule has 1 atom stereocenters. The molecule has 0 N–H and O–H groups in total. The van der Waals surface area contributed by atoms with Crippen LogP contribution < -0.4 is 14.4 Å². The predicted molar refractivity (Wildman–Crippen MR) is 135 cm³/mol. The van der Waals surface area contributed by atoms with E-state index in [2.05, 4.69) is 33.0 Å². The van der Waals surface area contributed by atoms with Crippen LogP contribution in [0.3, 0.4) is 0 Å². The minimum absolute atomic E-state index is 0.155. The molecule has 0 bridgehead atoms. The number of anilines is 1. The van der Waals surface area contributed by atoms with Gasteiger partial charge in [0, 0.05) is 22.0 Å². The van der Waals surface area contributed by atoms with Crippen LogP contribution in [0.5, 0.6) is 11.5 Å². The van der Waals surface area contributed by atoms with Crippen LogP contribution in [0.25, 0.3) is 0 Å². The zero-order valence-corrected chi connectivity index (χ0v) is 21.2. The third kappa shape index (κ3) is 5.80. The summed E-state index contributed by atoms with van der Waals surface area (Å²) in [5.74, 6) is 2.45. The number of nitrogens with zero attached hydrogens (tertiary/aromatic N) is 2. The first-order valence-electron chi connectivity index (χ1n) is 11.2. The number of benzene rings is 2. The van der Waals surface area contributed by atoms with Crippen molar-refractivity contribution in [2.24, 2.45) is 5.92 Å². The molecule has 2 aromatic carbocycles. The first-order chi connectivity index (χ1) is 15.6. The molecule has 1 unspecified atom stereocenters. The fraction of sp³-hybridized carbons (Fsp3) is 0.480. The fourth-order valence-electron chi connectivity index (χ4n) is 4.53. The van der Waals surface area contributed by atoms with Gasteiger partial charge in [0.25, 0.3) is 5.24 Å². The average molecular weight is 520 g/mol. The summed E-state index contributed by atoms with van der Waals surface area (Å²) in [6.45, 7) is 4.13. The highest BCUT2D eigenvalue weighted by Crippen LogP contribution is 2.34. The van der Waals surface area contributed by atoms with Crippen molar-refractivity contribution in [2.75, 3.05) is 45.3 Å². The van der Waals surface area contributed by atoms with Gasteiger partial charge in [-0.15, -0.1) is 0 Å². The Morgan fingerprint density at radius 3 is 2.41 bits per heavy atom. The summed E-state index contributed by atoms with van der Waals surface area (Å²) in [6, 6.07) is 14.0. The fourth-order valence-corrected chi connectivity index (χ4v) is 5.98. The molecule has 2 aromatic rings. The number of thioether (sulfide) groups is 1. The summed E-state index contributed by atoms with van der Waals surface area (Å²) in [6.07, 6.45) is 4.58. The summed E-state index contributed by atoms with van der Waals surface area (Å²) in [5, 5.41) is 0.512. The number of hydrogen-bond donors (Lipinski definition) is 0. The smallest absolute Gasteiger partial charge is 0.286 e. The van der Waals surface area contributed by atoms with Crippen LogP contribution in [0, 0.1) is 5.92 Å². The van der Waals surface area contributed by atoms with E-state index in [1.807, 2.05) is 35.2 Å². The standard InChI is InChI=1S/C25H31BrN2O3S/c1-30-21-5-3-20(4-6-21)28-17-23(32-25(28)29)11-14-27-12-9-18(10-13-27)15-19-16-22(31-2)7-8-24(19)26/h3-8,16,18,23H,9-15,17H2,1-2H3. The number of likely N-dealkylation sites (tertiary alicyclic amines) is 1. The number of amides is 1. The Morgan fingerprint density at radius 2 is 1.72 bits per heavy atom. The van der Waals surface area contributed by atoms with E-state index >= 15 is 0 Å². The molecule has 0 saturated carbocycles. The zero-order chi connectivity index (χ0) is 22.5. The van der Waals surface area contributed by atoms with Crippen LogP contribution in [-0.4, -0.2) is 55.8 Å². The molecule has 0 radical (unpaired) electrons. The number of methoxy groups -OCH3 is 2. The van der Waals surface area contributed by atoms with Gasteiger partial charge in [0.1, 0.15) is 11.5 Å². The van der Waals surface area contributed by atoms with Crippen LogP contribution in [0.15, 0.2) is 46.9 Å². The lowest BCUT2D eigenvalue weighted by Gasteiger charge is -2.32. The van der Waals surface area contributed by atoms with Gasteiger partial charge >= 0.3 is 0 Å². The van der Waals surface area contributed by atoms with Gasteiger partial charge in [0.05, 0.1) is 14.2 Å². The number of piperidine rings is 1. The molecular weight excluding hydrogens is 488 g/mol. The quantitative estimate of drug-likeness (QED) is 0.438. The monoisotopic (exact) mass is 518 g/mol. The molecule has 7 heteroatoms. The average Bonchev–Trinajstić information content (AvgIpc) is 3.20. The Bertz CT molecular complexity index is 916. The van der Waals surface area contributed by atoms with Crippen LogP contribution in [0.2, 0.25) is 0 Å². The topological polar surface area (TPSA) is 42.0 Å². The van der Waals surface area contributed by atoms with Gasteiger partial charge in [-0.05, 0) is 99.3 Å². The van der Waals surface area contributed by atoms with Crippen LogP contribution in [0.4, 0.5) is 10.5 Å². The molecule has 2 aliphatic rings. The van der Waals surface area contributed by atoms with Crippen LogP contribution in [0.1, 0.15) is 24.8 Å². The lowest BCUT2D eigenvalue weighted by Crippen LogP contribution is -2.36. The molecule has 32 heavy (non-hydrogen) atoms. The van der Waals surface area contributed by atoms with Gasteiger partial charge in [0.2, 0.25) is 0 Å². The lowest BCUT2D eigenvalue weighted by molar-refractivity contribution is 0.182. The molecular formula is C25H31BrN2O3S. The Kier molecular flexibility index (Phi) is 8.02. The number of rotatable bonds is 8. The number of carbonyl (C=O) groups is 1. The Balaban J connectivity index is 1.22. The second-order valence-corrected chi connectivity index (χ2v) is 10.7. The zero-order valence-electron chi connectivity index (χ0n) is 18.8. The van der Waals surface area contributed by atoms with Crippen molar-refractivity contribution in [3.63, 3.8) is 0 Å². The highest BCUT2D eigenvalue weighted by molar-refractivity contribution is 9.10. The van der Waals surface area contributed by atoms with Crippen molar-refractivity contribution < 1.29 is 14.3 Å². The maximum Gasteiger partial charge on any atom is 0.286 e. The van der Waals surface area contributed by atoms with Gasteiger partial charge in [0.15, 0.2) is 0 Å². The van der Waals surface area contributed by atoms with Gasteiger partial charge in [-0.3, -0.25) is 4.79 Å². The highest BCUT2D eigenvalue weighted by atomic mass is 79.9. The Labute approximate surface area is 203 Å². The van der Waals surface area contributed by atoms with E-state index in [1.165, 1.54) is 34.6 Å². The molecule has 2 heterocycles. The normalized spacial score (nSPS) is 20.0. The minimum Gasteiger partial charge on any atom is -0.497 e. The first-order valence-corrected chi connectivity index (χ1v) is 12.9. The highest BCUT2D eigenvalue weighted by Gasteiger charge is 2.32. The molecule has 1 amide bonds. The number of halogens is 1. The molecule has 172 valence electrons. The molecule has 2 fully saturated rings. The SMILES string of the molecule is COc1ccc(N2CC(CCN3CCC(Cc4cc(OC)ccc4Br)CC3)SC2=O)cc1. The maximum absolute atomic E-state index is 12.5. The van der Waals surface area contributed by atoms with Crippen molar-refractivity contribution in [1.82, 2.24) is 4.90 Å². The summed E-state index contributed by atoms with van der Waals surface area (Å²) in [5.41, 5.74) is 2.29. The minimum atomic E-state index is 0.155. The molecule has 4 rings (SSSR count).